The molecule has 3 rings (SSSR count). The molecular weight excluding hydrogens is 420 g/mol. The van der Waals surface area contributed by atoms with Gasteiger partial charge in [-0.15, -0.1) is 11.3 Å². The quantitative estimate of drug-likeness (QED) is 0.258. The van der Waals surface area contributed by atoms with Crippen molar-refractivity contribution < 1.29 is 9.53 Å². The summed E-state index contributed by atoms with van der Waals surface area (Å²) >= 11 is 1.48. The molecule has 0 amide bonds. The number of nitriles is 1. The SMILES string of the molecule is C=NN(/C(C)=C(\C)Cc1cc(C#N)c(Nc2ccccc2C(=O)OC)s1)c1ccccc1. The number of thiophene rings is 1. The second-order valence-electron chi connectivity index (χ2n) is 7.06. The van der Waals surface area contributed by atoms with E-state index in [0.29, 0.717) is 28.2 Å². The Labute approximate surface area is 192 Å². The third-order valence-electron chi connectivity index (χ3n) is 5.00. The molecule has 0 aliphatic carbocycles. The van der Waals surface area contributed by atoms with E-state index < -0.39 is 5.97 Å². The second kappa shape index (κ2) is 10.4. The molecule has 6 nitrogen and oxygen atoms in total. The van der Waals surface area contributed by atoms with E-state index in [1.54, 1.807) is 23.2 Å². The van der Waals surface area contributed by atoms with E-state index in [0.717, 1.165) is 21.8 Å². The van der Waals surface area contributed by atoms with Crippen molar-refractivity contribution in [2.75, 3.05) is 17.4 Å². The van der Waals surface area contributed by atoms with Crippen LogP contribution in [0.5, 0.6) is 0 Å². The lowest BCUT2D eigenvalue weighted by Gasteiger charge is -2.21. The van der Waals surface area contributed by atoms with Crippen molar-refractivity contribution in [1.82, 2.24) is 0 Å². The van der Waals surface area contributed by atoms with Gasteiger partial charge in [-0.25, -0.2) is 9.80 Å². The van der Waals surface area contributed by atoms with Crippen molar-refractivity contribution in [2.45, 2.75) is 20.3 Å². The molecule has 1 N–H and O–H groups in total. The van der Waals surface area contributed by atoms with Gasteiger partial charge in [0, 0.05) is 23.7 Å². The van der Waals surface area contributed by atoms with Crippen molar-refractivity contribution in [3.8, 4) is 6.07 Å². The average Bonchev–Trinajstić information content (AvgIpc) is 3.21. The fourth-order valence-corrected chi connectivity index (χ4v) is 4.33. The predicted molar refractivity (Wildman–Crippen MR) is 131 cm³/mol. The number of hydrogen-bond acceptors (Lipinski definition) is 7. The Balaban J connectivity index is 1.87. The van der Waals surface area contributed by atoms with Gasteiger partial charge in [0.25, 0.3) is 0 Å². The first-order valence-electron chi connectivity index (χ1n) is 9.93. The van der Waals surface area contributed by atoms with Crippen LogP contribution in [0.3, 0.4) is 0 Å². The van der Waals surface area contributed by atoms with E-state index in [2.05, 4.69) is 23.2 Å². The molecule has 0 atom stereocenters. The normalized spacial score (nSPS) is 11.2. The lowest BCUT2D eigenvalue weighted by Crippen LogP contribution is -2.14. The summed E-state index contributed by atoms with van der Waals surface area (Å²) < 4.78 is 4.86. The van der Waals surface area contributed by atoms with Crippen molar-refractivity contribution in [3.05, 3.63) is 87.9 Å². The summed E-state index contributed by atoms with van der Waals surface area (Å²) in [6, 6.07) is 21.0. The number of nitrogens with one attached hydrogen (secondary N) is 1. The minimum absolute atomic E-state index is 0.413. The maximum Gasteiger partial charge on any atom is 0.339 e. The summed E-state index contributed by atoms with van der Waals surface area (Å²) in [5.74, 6) is -0.435. The van der Waals surface area contributed by atoms with Crippen LogP contribution in [0.15, 0.2) is 77.0 Å². The highest BCUT2D eigenvalue weighted by molar-refractivity contribution is 7.16. The van der Waals surface area contributed by atoms with Gasteiger partial charge in [-0.2, -0.15) is 10.4 Å². The number of para-hydroxylation sites is 2. The van der Waals surface area contributed by atoms with Crippen LogP contribution in [-0.2, 0) is 11.2 Å². The van der Waals surface area contributed by atoms with E-state index in [1.165, 1.54) is 18.4 Å². The Hall–Kier alpha value is -3.89. The van der Waals surface area contributed by atoms with Crippen LogP contribution in [0.25, 0.3) is 0 Å². The van der Waals surface area contributed by atoms with Crippen LogP contribution in [-0.4, -0.2) is 19.8 Å². The van der Waals surface area contributed by atoms with Crippen LogP contribution in [0.2, 0.25) is 0 Å². The molecule has 7 heteroatoms. The van der Waals surface area contributed by atoms with E-state index >= 15 is 0 Å². The Morgan fingerprint density at radius 3 is 2.53 bits per heavy atom. The Kier molecular flexibility index (Phi) is 7.42. The summed E-state index contributed by atoms with van der Waals surface area (Å²) in [4.78, 5) is 13.1. The zero-order valence-corrected chi connectivity index (χ0v) is 19.1. The van der Waals surface area contributed by atoms with Crippen molar-refractivity contribution in [2.24, 2.45) is 5.10 Å². The van der Waals surface area contributed by atoms with Crippen molar-refractivity contribution in [1.29, 1.82) is 5.26 Å². The second-order valence-corrected chi connectivity index (χ2v) is 8.20. The van der Waals surface area contributed by atoms with Crippen LogP contribution in [0.4, 0.5) is 16.4 Å². The van der Waals surface area contributed by atoms with Gasteiger partial charge < -0.3 is 10.1 Å². The molecular formula is C25H24N4O2S. The molecule has 0 bridgehead atoms. The number of methoxy groups -OCH3 is 1. The first-order valence-corrected chi connectivity index (χ1v) is 10.8. The molecule has 1 heterocycles. The number of benzene rings is 2. The highest BCUT2D eigenvalue weighted by atomic mass is 32.1. The third-order valence-corrected chi connectivity index (χ3v) is 6.05. The molecule has 2 aromatic carbocycles. The number of anilines is 3. The summed E-state index contributed by atoms with van der Waals surface area (Å²) in [7, 11) is 1.34. The van der Waals surface area contributed by atoms with E-state index in [1.807, 2.05) is 56.3 Å². The fraction of sp³-hybridized carbons (Fsp3) is 0.160. The van der Waals surface area contributed by atoms with Gasteiger partial charge in [0.05, 0.1) is 29.6 Å². The zero-order chi connectivity index (χ0) is 23.1. The van der Waals surface area contributed by atoms with Crippen molar-refractivity contribution >= 4 is 40.4 Å². The van der Waals surface area contributed by atoms with Crippen LogP contribution < -0.4 is 10.3 Å². The largest absolute Gasteiger partial charge is 0.465 e. The molecule has 0 aliphatic rings. The maximum atomic E-state index is 12.1. The predicted octanol–water partition coefficient (Wildman–Crippen LogP) is 6.11. The highest BCUT2D eigenvalue weighted by Crippen LogP contribution is 2.34. The standard InChI is InChI=1S/C25H24N4O2S/c1-17(18(2)29(27-3)20-10-6-5-7-11-20)14-21-15-19(16-26)24(32-21)28-23-13-9-8-12-22(23)25(30)31-4/h5-13,15,28H,3,14H2,1-2,4H3/b18-17+. The number of carbonyl (C=O) groups excluding carboxylic acids is 1. The molecule has 0 fully saturated rings. The van der Waals surface area contributed by atoms with Crippen LogP contribution in [0, 0.1) is 11.3 Å². The van der Waals surface area contributed by atoms with Crippen LogP contribution in [0.1, 0.15) is 34.6 Å². The number of rotatable bonds is 8. The average molecular weight is 445 g/mol. The van der Waals surface area contributed by atoms with Gasteiger partial charge in [0.15, 0.2) is 0 Å². The van der Waals surface area contributed by atoms with E-state index in [9.17, 15) is 10.1 Å². The lowest BCUT2D eigenvalue weighted by molar-refractivity contribution is 0.0602. The first-order chi connectivity index (χ1) is 15.5. The van der Waals surface area contributed by atoms with Gasteiger partial charge in [-0.05, 0) is 49.8 Å². The molecule has 32 heavy (non-hydrogen) atoms. The Morgan fingerprint density at radius 1 is 1.19 bits per heavy atom. The number of esters is 1. The fourth-order valence-electron chi connectivity index (χ4n) is 3.23. The topological polar surface area (TPSA) is 77.7 Å². The number of nitrogens with zero attached hydrogens (tertiary/aromatic N) is 3. The van der Waals surface area contributed by atoms with Gasteiger partial charge >= 0.3 is 5.97 Å². The van der Waals surface area contributed by atoms with Gasteiger partial charge in [-0.1, -0.05) is 30.3 Å². The van der Waals surface area contributed by atoms with Gasteiger partial charge in [0.2, 0.25) is 0 Å². The lowest BCUT2D eigenvalue weighted by atomic mass is 10.1. The molecule has 0 spiro atoms. The maximum absolute atomic E-state index is 12.1. The number of ether oxygens (including phenoxy) is 1. The zero-order valence-electron chi connectivity index (χ0n) is 18.3. The van der Waals surface area contributed by atoms with Crippen molar-refractivity contribution in [3.63, 3.8) is 0 Å². The molecule has 0 radical (unpaired) electrons. The molecule has 0 saturated carbocycles. The minimum atomic E-state index is -0.435. The third kappa shape index (κ3) is 5.05. The number of allylic oxidation sites excluding steroid dienone is 2. The number of hydrogen-bond donors (Lipinski definition) is 1. The number of hydrazone groups is 1. The summed E-state index contributed by atoms with van der Waals surface area (Å²) in [6.45, 7) is 7.75. The summed E-state index contributed by atoms with van der Waals surface area (Å²) in [5.41, 5.74) is 4.55. The molecule has 1 aromatic heterocycles. The van der Waals surface area contributed by atoms with E-state index in [-0.39, 0.29) is 0 Å². The highest BCUT2D eigenvalue weighted by Gasteiger charge is 2.16. The molecule has 162 valence electrons. The monoisotopic (exact) mass is 444 g/mol. The van der Waals surface area contributed by atoms with Crippen LogP contribution >= 0.6 is 11.3 Å². The molecule has 0 saturated heterocycles. The molecule has 3 aromatic rings. The number of carbonyl (C=O) groups is 1. The minimum Gasteiger partial charge on any atom is -0.465 e. The first kappa shape index (κ1) is 22.8. The Bertz CT molecular complexity index is 1190. The summed E-state index contributed by atoms with van der Waals surface area (Å²) in [6.07, 6.45) is 0.657. The van der Waals surface area contributed by atoms with Gasteiger partial charge in [-0.3, -0.25) is 0 Å². The smallest absolute Gasteiger partial charge is 0.339 e. The van der Waals surface area contributed by atoms with Gasteiger partial charge in [0.1, 0.15) is 11.1 Å². The molecule has 0 aliphatic heterocycles. The van der Waals surface area contributed by atoms with E-state index in [4.69, 9.17) is 4.74 Å². The summed E-state index contributed by atoms with van der Waals surface area (Å²) in [5, 5.41) is 19.5. The molecule has 0 unspecified atom stereocenters. The Morgan fingerprint density at radius 2 is 1.88 bits per heavy atom.